The number of nitrogens with two attached hydrogens (primary N) is 1. The fourth-order valence-corrected chi connectivity index (χ4v) is 2.38. The van der Waals surface area contributed by atoms with Gasteiger partial charge in [-0.25, -0.2) is 0 Å². The molecule has 0 heterocycles. The minimum atomic E-state index is -1.15. The van der Waals surface area contributed by atoms with Gasteiger partial charge in [0.25, 0.3) is 5.91 Å². The molecule has 0 saturated carbocycles. The molecule has 0 unspecified atom stereocenters. The van der Waals surface area contributed by atoms with E-state index in [9.17, 15) is 14.4 Å². The van der Waals surface area contributed by atoms with Gasteiger partial charge in [-0.05, 0) is 23.3 Å². The van der Waals surface area contributed by atoms with Crippen molar-refractivity contribution in [1.29, 1.82) is 0 Å². The smallest absolute Gasteiger partial charge is 0.322 e. The Morgan fingerprint density at radius 2 is 1.62 bits per heavy atom. The van der Waals surface area contributed by atoms with Crippen LogP contribution in [0, 0.1) is 0 Å². The standard InChI is InChI=1S/C19H21N3O4/c20-11-14-6-8-15(9-7-14)18(25)22-16(19(26)21-12-17(23)24)10-13-4-2-1-3-5-13/h1-9,16H,10-12,20H2,(H,21,26)(H,22,25)(H,23,24)/t16-/m0/s1. The van der Waals surface area contributed by atoms with Crippen LogP contribution in [0.25, 0.3) is 0 Å². The van der Waals surface area contributed by atoms with E-state index in [0.717, 1.165) is 11.1 Å². The average molecular weight is 355 g/mol. The van der Waals surface area contributed by atoms with Crippen molar-refractivity contribution in [2.24, 2.45) is 5.73 Å². The summed E-state index contributed by atoms with van der Waals surface area (Å²) < 4.78 is 0. The van der Waals surface area contributed by atoms with E-state index in [-0.39, 0.29) is 6.42 Å². The van der Waals surface area contributed by atoms with Crippen molar-refractivity contribution in [3.05, 3.63) is 71.3 Å². The first-order valence-electron chi connectivity index (χ1n) is 8.13. The van der Waals surface area contributed by atoms with Gasteiger partial charge in [-0.2, -0.15) is 0 Å². The van der Waals surface area contributed by atoms with Gasteiger partial charge >= 0.3 is 5.97 Å². The molecule has 2 aromatic carbocycles. The number of benzene rings is 2. The molecule has 0 fully saturated rings. The molecule has 0 spiro atoms. The van der Waals surface area contributed by atoms with Crippen LogP contribution in [0.4, 0.5) is 0 Å². The van der Waals surface area contributed by atoms with Crippen molar-refractivity contribution in [3.63, 3.8) is 0 Å². The zero-order valence-electron chi connectivity index (χ0n) is 14.1. The maximum Gasteiger partial charge on any atom is 0.322 e. The van der Waals surface area contributed by atoms with E-state index < -0.39 is 30.4 Å². The number of hydrogen-bond donors (Lipinski definition) is 4. The van der Waals surface area contributed by atoms with Gasteiger partial charge in [-0.1, -0.05) is 42.5 Å². The Hall–Kier alpha value is -3.19. The number of aliphatic carboxylic acids is 1. The summed E-state index contributed by atoms with van der Waals surface area (Å²) in [6.45, 7) is -0.138. The Labute approximate surface area is 151 Å². The van der Waals surface area contributed by atoms with E-state index in [4.69, 9.17) is 10.8 Å². The highest BCUT2D eigenvalue weighted by molar-refractivity contribution is 5.98. The number of carboxylic acids is 1. The van der Waals surface area contributed by atoms with E-state index in [1.54, 1.807) is 24.3 Å². The van der Waals surface area contributed by atoms with Crippen LogP contribution >= 0.6 is 0 Å². The molecule has 7 heteroatoms. The number of carboxylic acid groups (broad SMARTS) is 1. The van der Waals surface area contributed by atoms with Crippen LogP contribution in [0.5, 0.6) is 0 Å². The largest absolute Gasteiger partial charge is 0.480 e. The van der Waals surface area contributed by atoms with Gasteiger partial charge in [-0.15, -0.1) is 0 Å². The average Bonchev–Trinajstić information content (AvgIpc) is 2.66. The van der Waals surface area contributed by atoms with Crippen molar-refractivity contribution in [2.75, 3.05) is 6.54 Å². The van der Waals surface area contributed by atoms with Crippen molar-refractivity contribution >= 4 is 17.8 Å². The fourth-order valence-electron chi connectivity index (χ4n) is 2.38. The number of nitrogens with one attached hydrogen (secondary N) is 2. The second kappa shape index (κ2) is 9.33. The van der Waals surface area contributed by atoms with Gasteiger partial charge in [0.05, 0.1) is 0 Å². The van der Waals surface area contributed by atoms with E-state index in [0.29, 0.717) is 12.1 Å². The van der Waals surface area contributed by atoms with Crippen LogP contribution < -0.4 is 16.4 Å². The normalized spacial score (nSPS) is 11.4. The van der Waals surface area contributed by atoms with E-state index in [1.807, 2.05) is 30.3 Å². The molecule has 0 bridgehead atoms. The molecule has 2 amide bonds. The van der Waals surface area contributed by atoms with E-state index >= 15 is 0 Å². The lowest BCUT2D eigenvalue weighted by molar-refractivity contribution is -0.138. The Morgan fingerprint density at radius 3 is 2.19 bits per heavy atom. The fraction of sp³-hybridized carbons (Fsp3) is 0.211. The molecule has 1 atom stereocenters. The molecule has 2 rings (SSSR count). The SMILES string of the molecule is NCc1ccc(C(=O)N[C@@H](Cc2ccccc2)C(=O)NCC(=O)O)cc1. The predicted octanol–water partition coefficient (Wildman–Crippen LogP) is 0.687. The Morgan fingerprint density at radius 1 is 0.962 bits per heavy atom. The molecule has 7 nitrogen and oxygen atoms in total. The third-order valence-corrected chi connectivity index (χ3v) is 3.77. The topological polar surface area (TPSA) is 122 Å². The lowest BCUT2D eigenvalue weighted by Crippen LogP contribution is -2.49. The zero-order valence-corrected chi connectivity index (χ0v) is 14.1. The summed E-state index contributed by atoms with van der Waals surface area (Å²) in [5, 5.41) is 13.7. The van der Waals surface area contributed by atoms with E-state index in [1.165, 1.54) is 0 Å². The van der Waals surface area contributed by atoms with Crippen LogP contribution in [0.1, 0.15) is 21.5 Å². The van der Waals surface area contributed by atoms with E-state index in [2.05, 4.69) is 10.6 Å². The summed E-state index contributed by atoms with van der Waals surface area (Å²) in [6, 6.07) is 15.0. The Balaban J connectivity index is 2.11. The molecule has 0 radical (unpaired) electrons. The maximum atomic E-state index is 12.4. The monoisotopic (exact) mass is 355 g/mol. The van der Waals surface area contributed by atoms with Crippen LogP contribution in [0.2, 0.25) is 0 Å². The van der Waals surface area contributed by atoms with Crippen molar-refractivity contribution in [1.82, 2.24) is 10.6 Å². The maximum absolute atomic E-state index is 12.4. The van der Waals surface area contributed by atoms with Crippen molar-refractivity contribution in [3.8, 4) is 0 Å². The lowest BCUT2D eigenvalue weighted by atomic mass is 10.0. The third kappa shape index (κ3) is 5.71. The number of amides is 2. The Bertz CT molecular complexity index is 760. The summed E-state index contributed by atoms with van der Waals surface area (Å²) >= 11 is 0. The first kappa shape index (κ1) is 19.1. The lowest BCUT2D eigenvalue weighted by Gasteiger charge is -2.18. The van der Waals surface area contributed by atoms with Crippen molar-refractivity contribution < 1.29 is 19.5 Å². The molecule has 0 aliphatic carbocycles. The molecule has 0 aliphatic rings. The molecule has 0 aliphatic heterocycles. The summed E-state index contributed by atoms with van der Waals surface area (Å²) in [5.74, 6) is -2.12. The third-order valence-electron chi connectivity index (χ3n) is 3.77. The van der Waals surface area contributed by atoms with Gasteiger partial charge < -0.3 is 21.5 Å². The zero-order chi connectivity index (χ0) is 18.9. The number of carbonyl (C=O) groups excluding carboxylic acids is 2. The van der Waals surface area contributed by atoms with Crippen LogP contribution in [-0.2, 0) is 22.6 Å². The molecule has 0 saturated heterocycles. The molecule has 2 aromatic rings. The molecule has 26 heavy (non-hydrogen) atoms. The quantitative estimate of drug-likeness (QED) is 0.555. The van der Waals surface area contributed by atoms with Gasteiger partial charge in [0.15, 0.2) is 0 Å². The summed E-state index contributed by atoms with van der Waals surface area (Å²) in [6.07, 6.45) is 0.249. The molecular weight excluding hydrogens is 334 g/mol. The number of rotatable bonds is 8. The minimum Gasteiger partial charge on any atom is -0.480 e. The highest BCUT2D eigenvalue weighted by Gasteiger charge is 2.22. The first-order chi connectivity index (χ1) is 12.5. The van der Waals surface area contributed by atoms with Crippen LogP contribution in [0.3, 0.4) is 0 Å². The highest BCUT2D eigenvalue weighted by atomic mass is 16.4. The summed E-state index contributed by atoms with van der Waals surface area (Å²) in [4.78, 5) is 35.4. The van der Waals surface area contributed by atoms with Crippen molar-refractivity contribution in [2.45, 2.75) is 19.0 Å². The highest BCUT2D eigenvalue weighted by Crippen LogP contribution is 2.07. The second-order valence-electron chi connectivity index (χ2n) is 5.73. The van der Waals surface area contributed by atoms with Gasteiger partial charge in [0.1, 0.15) is 12.6 Å². The first-order valence-corrected chi connectivity index (χ1v) is 8.13. The van der Waals surface area contributed by atoms with Gasteiger partial charge in [0, 0.05) is 18.5 Å². The molecular formula is C19H21N3O4. The summed E-state index contributed by atoms with van der Waals surface area (Å²) in [7, 11) is 0. The Kier molecular flexibility index (Phi) is 6.87. The number of carbonyl (C=O) groups is 3. The molecule has 0 aromatic heterocycles. The predicted molar refractivity (Wildman–Crippen MR) is 96.4 cm³/mol. The molecule has 136 valence electrons. The summed E-state index contributed by atoms with van der Waals surface area (Å²) in [5.41, 5.74) is 7.67. The molecule has 5 N–H and O–H groups in total. The van der Waals surface area contributed by atoms with Crippen LogP contribution in [-0.4, -0.2) is 35.5 Å². The van der Waals surface area contributed by atoms with Gasteiger partial charge in [0.2, 0.25) is 5.91 Å². The number of hydrogen-bond acceptors (Lipinski definition) is 4. The second-order valence-corrected chi connectivity index (χ2v) is 5.73. The van der Waals surface area contributed by atoms with Gasteiger partial charge in [-0.3, -0.25) is 14.4 Å². The van der Waals surface area contributed by atoms with Crippen LogP contribution in [0.15, 0.2) is 54.6 Å². The minimum absolute atomic E-state index is 0.249.